The molecular formula is C16H24Cl2N2. The summed E-state index contributed by atoms with van der Waals surface area (Å²) in [5.41, 5.74) is 1.09. The minimum absolute atomic E-state index is 0.250. The normalized spacial score (nSPS) is 23.1. The van der Waals surface area contributed by atoms with Gasteiger partial charge in [0.1, 0.15) is 0 Å². The summed E-state index contributed by atoms with van der Waals surface area (Å²) in [4.78, 5) is 2.43. The molecule has 0 bridgehead atoms. The summed E-state index contributed by atoms with van der Waals surface area (Å²) in [5, 5.41) is 4.65. The van der Waals surface area contributed by atoms with Crippen molar-refractivity contribution in [2.75, 3.05) is 27.2 Å². The molecule has 1 aliphatic carbocycles. The van der Waals surface area contributed by atoms with Gasteiger partial charge in [0.05, 0.1) is 10.0 Å². The van der Waals surface area contributed by atoms with Crippen molar-refractivity contribution >= 4 is 23.2 Å². The van der Waals surface area contributed by atoms with Crippen LogP contribution in [0.4, 0.5) is 0 Å². The molecule has 1 aromatic rings. The molecule has 112 valence electrons. The van der Waals surface area contributed by atoms with Gasteiger partial charge in [-0.25, -0.2) is 0 Å². The molecule has 4 heteroatoms. The molecule has 1 aliphatic rings. The molecule has 3 atom stereocenters. The van der Waals surface area contributed by atoms with E-state index in [4.69, 9.17) is 23.2 Å². The molecule has 0 spiro atoms. The Morgan fingerprint density at radius 2 is 2.10 bits per heavy atom. The van der Waals surface area contributed by atoms with E-state index >= 15 is 0 Å². The fraction of sp³-hybridized carbons (Fsp3) is 0.625. The Balaban J connectivity index is 1.90. The molecule has 0 radical (unpaired) electrons. The predicted octanol–water partition coefficient (Wildman–Crippen LogP) is 4.23. The third kappa shape index (κ3) is 4.11. The summed E-state index contributed by atoms with van der Waals surface area (Å²) in [7, 11) is 4.18. The van der Waals surface area contributed by atoms with Crippen molar-refractivity contribution in [2.45, 2.75) is 25.8 Å². The van der Waals surface area contributed by atoms with E-state index in [2.05, 4.69) is 30.3 Å². The molecule has 2 rings (SSSR count). The molecule has 2 nitrogen and oxygen atoms in total. The van der Waals surface area contributed by atoms with Crippen molar-refractivity contribution in [1.29, 1.82) is 0 Å². The number of halogens is 2. The van der Waals surface area contributed by atoms with Crippen LogP contribution in [0.25, 0.3) is 0 Å². The van der Waals surface area contributed by atoms with Crippen LogP contribution in [0.1, 0.15) is 31.4 Å². The van der Waals surface area contributed by atoms with Crippen molar-refractivity contribution < 1.29 is 0 Å². The van der Waals surface area contributed by atoms with Gasteiger partial charge < -0.3 is 10.2 Å². The highest BCUT2D eigenvalue weighted by Crippen LogP contribution is 2.38. The highest BCUT2D eigenvalue weighted by molar-refractivity contribution is 6.42. The lowest BCUT2D eigenvalue weighted by atomic mass is 10.0. The Bertz CT molecular complexity index is 450. The van der Waals surface area contributed by atoms with E-state index in [1.54, 1.807) is 0 Å². The van der Waals surface area contributed by atoms with Gasteiger partial charge in [0, 0.05) is 12.6 Å². The van der Waals surface area contributed by atoms with E-state index in [1.807, 2.05) is 19.2 Å². The van der Waals surface area contributed by atoms with E-state index in [0.29, 0.717) is 10.0 Å². The Labute approximate surface area is 132 Å². The van der Waals surface area contributed by atoms with Gasteiger partial charge in [0.2, 0.25) is 0 Å². The number of nitrogens with zero attached hydrogens (tertiary/aromatic N) is 1. The van der Waals surface area contributed by atoms with Gasteiger partial charge in [0.25, 0.3) is 0 Å². The maximum Gasteiger partial charge on any atom is 0.0640 e. The molecule has 1 aromatic carbocycles. The zero-order valence-electron chi connectivity index (χ0n) is 12.5. The minimum Gasteiger partial charge on any atom is -0.313 e. The summed E-state index contributed by atoms with van der Waals surface area (Å²) >= 11 is 12.4. The van der Waals surface area contributed by atoms with Gasteiger partial charge in [-0.3, -0.25) is 0 Å². The third-order valence-electron chi connectivity index (χ3n) is 4.33. The van der Waals surface area contributed by atoms with E-state index in [-0.39, 0.29) is 6.04 Å². The first-order chi connectivity index (χ1) is 9.52. The van der Waals surface area contributed by atoms with Crippen molar-refractivity contribution in [1.82, 2.24) is 10.2 Å². The third-order valence-corrected chi connectivity index (χ3v) is 5.16. The zero-order valence-corrected chi connectivity index (χ0v) is 14.0. The van der Waals surface area contributed by atoms with Gasteiger partial charge in [-0.1, -0.05) is 42.3 Å². The van der Waals surface area contributed by atoms with Gasteiger partial charge in [0.15, 0.2) is 0 Å². The second-order valence-electron chi connectivity index (χ2n) is 6.01. The Kier molecular flexibility index (Phi) is 5.74. The van der Waals surface area contributed by atoms with Crippen LogP contribution in [0, 0.1) is 11.8 Å². The predicted molar refractivity (Wildman–Crippen MR) is 87.6 cm³/mol. The Morgan fingerprint density at radius 3 is 2.70 bits per heavy atom. The molecule has 1 N–H and O–H groups in total. The van der Waals surface area contributed by atoms with Gasteiger partial charge in [-0.05, 0) is 56.9 Å². The van der Waals surface area contributed by atoms with E-state index in [0.717, 1.165) is 30.4 Å². The topological polar surface area (TPSA) is 15.3 Å². The van der Waals surface area contributed by atoms with Gasteiger partial charge in [-0.15, -0.1) is 0 Å². The minimum atomic E-state index is 0.250. The SMILES string of the molecule is CNC(CCN(C)CC1CC1C)c1cccc(Cl)c1Cl. The van der Waals surface area contributed by atoms with Crippen LogP contribution >= 0.6 is 23.2 Å². The van der Waals surface area contributed by atoms with E-state index < -0.39 is 0 Å². The van der Waals surface area contributed by atoms with Crippen LogP contribution in [-0.4, -0.2) is 32.1 Å². The van der Waals surface area contributed by atoms with Crippen LogP contribution in [0.2, 0.25) is 10.0 Å². The summed E-state index contributed by atoms with van der Waals surface area (Å²) in [6.45, 7) is 4.61. The molecule has 0 aromatic heterocycles. The summed E-state index contributed by atoms with van der Waals surface area (Å²) in [5.74, 6) is 1.82. The van der Waals surface area contributed by atoms with Crippen LogP contribution in [0.5, 0.6) is 0 Å². The molecule has 20 heavy (non-hydrogen) atoms. The smallest absolute Gasteiger partial charge is 0.0640 e. The van der Waals surface area contributed by atoms with Crippen LogP contribution in [-0.2, 0) is 0 Å². The summed E-state index contributed by atoms with van der Waals surface area (Å²) < 4.78 is 0. The zero-order chi connectivity index (χ0) is 14.7. The fourth-order valence-electron chi connectivity index (χ4n) is 2.74. The Morgan fingerprint density at radius 1 is 1.40 bits per heavy atom. The first-order valence-electron chi connectivity index (χ1n) is 7.32. The van der Waals surface area contributed by atoms with Crippen molar-refractivity contribution in [3.05, 3.63) is 33.8 Å². The monoisotopic (exact) mass is 314 g/mol. The lowest BCUT2D eigenvalue weighted by Crippen LogP contribution is -2.27. The molecule has 1 saturated carbocycles. The number of nitrogens with one attached hydrogen (secondary N) is 1. The summed E-state index contributed by atoms with van der Waals surface area (Å²) in [6.07, 6.45) is 2.42. The average molecular weight is 315 g/mol. The molecule has 0 amide bonds. The van der Waals surface area contributed by atoms with Gasteiger partial charge >= 0.3 is 0 Å². The second-order valence-corrected chi connectivity index (χ2v) is 6.79. The molecule has 0 saturated heterocycles. The highest BCUT2D eigenvalue weighted by atomic mass is 35.5. The average Bonchev–Trinajstić information content (AvgIpc) is 3.10. The number of rotatable bonds is 7. The lowest BCUT2D eigenvalue weighted by Gasteiger charge is -2.23. The van der Waals surface area contributed by atoms with Gasteiger partial charge in [-0.2, -0.15) is 0 Å². The molecule has 3 unspecified atom stereocenters. The number of hydrogen-bond acceptors (Lipinski definition) is 2. The second kappa shape index (κ2) is 7.13. The standard InChI is InChI=1S/C16H24Cl2N2/c1-11-9-12(11)10-20(3)8-7-15(19-2)13-5-4-6-14(17)16(13)18/h4-6,11-12,15,19H,7-10H2,1-3H3. The quantitative estimate of drug-likeness (QED) is 0.810. The van der Waals surface area contributed by atoms with Crippen molar-refractivity contribution in [2.24, 2.45) is 11.8 Å². The van der Waals surface area contributed by atoms with Crippen LogP contribution in [0.15, 0.2) is 18.2 Å². The first kappa shape index (κ1) is 16.1. The maximum absolute atomic E-state index is 6.31. The van der Waals surface area contributed by atoms with Crippen LogP contribution in [0.3, 0.4) is 0 Å². The maximum atomic E-state index is 6.31. The Hall–Kier alpha value is -0.280. The van der Waals surface area contributed by atoms with Crippen molar-refractivity contribution in [3.63, 3.8) is 0 Å². The summed E-state index contributed by atoms with van der Waals surface area (Å²) in [6, 6.07) is 6.10. The molecular weight excluding hydrogens is 291 g/mol. The van der Waals surface area contributed by atoms with E-state index in [1.165, 1.54) is 13.0 Å². The van der Waals surface area contributed by atoms with E-state index in [9.17, 15) is 0 Å². The number of benzene rings is 1. The molecule has 0 aliphatic heterocycles. The van der Waals surface area contributed by atoms with Crippen molar-refractivity contribution in [3.8, 4) is 0 Å². The first-order valence-corrected chi connectivity index (χ1v) is 8.08. The van der Waals surface area contributed by atoms with Crippen LogP contribution < -0.4 is 5.32 Å². The lowest BCUT2D eigenvalue weighted by molar-refractivity contribution is 0.295. The highest BCUT2D eigenvalue weighted by Gasteiger charge is 2.33. The number of hydrogen-bond donors (Lipinski definition) is 1. The largest absolute Gasteiger partial charge is 0.313 e. The fourth-order valence-corrected chi connectivity index (χ4v) is 3.18. The molecule has 1 fully saturated rings. The molecule has 0 heterocycles.